The van der Waals surface area contributed by atoms with Crippen molar-refractivity contribution in [1.82, 2.24) is 10.3 Å². The molecule has 146 valence electrons. The minimum Gasteiger partial charge on any atom is -0.346 e. The summed E-state index contributed by atoms with van der Waals surface area (Å²) in [6.07, 6.45) is 0.837. The maximum atomic E-state index is 12.1. The molecule has 1 atom stereocenters. The Morgan fingerprint density at radius 1 is 1.29 bits per heavy atom. The molecule has 0 radical (unpaired) electrons. The number of nitrogens with zero attached hydrogens (tertiary/aromatic N) is 2. The van der Waals surface area contributed by atoms with Gasteiger partial charge >= 0.3 is 0 Å². The van der Waals surface area contributed by atoms with Gasteiger partial charge in [0.15, 0.2) is 5.13 Å². The van der Waals surface area contributed by atoms with Gasteiger partial charge in [0.25, 0.3) is 5.91 Å². The average Bonchev–Trinajstić information content (AvgIpc) is 3.28. The molecule has 1 N–H and O–H groups in total. The predicted molar refractivity (Wildman–Crippen MR) is 113 cm³/mol. The molecule has 0 bridgehead atoms. The van der Waals surface area contributed by atoms with E-state index < -0.39 is 5.91 Å². The van der Waals surface area contributed by atoms with Crippen LogP contribution in [0.1, 0.15) is 48.8 Å². The van der Waals surface area contributed by atoms with Crippen molar-refractivity contribution in [3.63, 3.8) is 0 Å². The van der Waals surface area contributed by atoms with Crippen molar-refractivity contribution in [2.75, 3.05) is 18.0 Å². The number of amides is 1. The van der Waals surface area contributed by atoms with Crippen molar-refractivity contribution in [3.8, 4) is 11.8 Å². The summed E-state index contributed by atoms with van der Waals surface area (Å²) in [4.78, 5) is 31.1. The van der Waals surface area contributed by atoms with Crippen LogP contribution in [-0.4, -0.2) is 35.8 Å². The number of rotatable bonds is 3. The fraction of sp³-hybridized carbons (Fsp3) is 0.409. The van der Waals surface area contributed by atoms with Crippen molar-refractivity contribution in [1.29, 1.82) is 0 Å². The molecule has 28 heavy (non-hydrogen) atoms. The summed E-state index contributed by atoms with van der Waals surface area (Å²) in [6, 6.07) is 7.20. The van der Waals surface area contributed by atoms with Gasteiger partial charge in [-0.3, -0.25) is 9.59 Å². The summed E-state index contributed by atoms with van der Waals surface area (Å²) in [5.74, 6) is 4.11. The lowest BCUT2D eigenvalue weighted by Gasteiger charge is -2.17. The average molecular weight is 396 g/mol. The summed E-state index contributed by atoms with van der Waals surface area (Å²) < 4.78 is 0. The molecule has 1 fully saturated rings. The highest BCUT2D eigenvalue weighted by atomic mass is 32.1. The molecule has 0 spiro atoms. The van der Waals surface area contributed by atoms with Crippen molar-refractivity contribution in [3.05, 3.63) is 46.5 Å². The van der Waals surface area contributed by atoms with E-state index in [0.29, 0.717) is 12.1 Å². The van der Waals surface area contributed by atoms with Crippen LogP contribution in [0.4, 0.5) is 5.13 Å². The molecule has 1 saturated heterocycles. The molecule has 1 aromatic heterocycles. The molecular weight excluding hydrogens is 370 g/mol. The van der Waals surface area contributed by atoms with Crippen LogP contribution >= 0.6 is 11.3 Å². The Morgan fingerprint density at radius 3 is 2.75 bits per heavy atom. The number of ketones is 1. The van der Waals surface area contributed by atoms with Gasteiger partial charge in [-0.05, 0) is 25.3 Å². The number of anilines is 1. The number of carbonyl (C=O) groups excluding carboxylic acids is 2. The lowest BCUT2D eigenvalue weighted by Crippen LogP contribution is -2.36. The topological polar surface area (TPSA) is 62.3 Å². The zero-order chi connectivity index (χ0) is 20.3. The summed E-state index contributed by atoms with van der Waals surface area (Å²) in [5, 5.41) is 5.99. The van der Waals surface area contributed by atoms with Gasteiger partial charge in [0.2, 0.25) is 5.78 Å². The smallest absolute Gasteiger partial charge is 0.296 e. The summed E-state index contributed by atoms with van der Waals surface area (Å²) in [6.45, 7) is 9.91. The van der Waals surface area contributed by atoms with E-state index in [9.17, 15) is 9.59 Å². The van der Waals surface area contributed by atoms with Crippen LogP contribution in [-0.2, 0) is 10.2 Å². The fourth-order valence-corrected chi connectivity index (χ4v) is 4.09. The number of benzene rings is 1. The second kappa shape index (κ2) is 8.15. The van der Waals surface area contributed by atoms with Crippen LogP contribution in [0, 0.1) is 18.8 Å². The number of carbonyl (C=O) groups is 2. The first-order valence-corrected chi connectivity index (χ1v) is 10.2. The van der Waals surface area contributed by atoms with Gasteiger partial charge in [0.05, 0.1) is 5.69 Å². The van der Waals surface area contributed by atoms with E-state index in [0.717, 1.165) is 29.4 Å². The zero-order valence-corrected chi connectivity index (χ0v) is 17.5. The first-order valence-electron chi connectivity index (χ1n) is 9.37. The minimum absolute atomic E-state index is 0.0119. The van der Waals surface area contributed by atoms with E-state index in [2.05, 4.69) is 48.2 Å². The van der Waals surface area contributed by atoms with Gasteiger partial charge in [0, 0.05) is 41.4 Å². The van der Waals surface area contributed by atoms with Crippen LogP contribution in [0.5, 0.6) is 0 Å². The third kappa shape index (κ3) is 4.99. The highest BCUT2D eigenvalue weighted by Crippen LogP contribution is 2.30. The van der Waals surface area contributed by atoms with E-state index in [-0.39, 0.29) is 17.2 Å². The molecule has 1 aromatic carbocycles. The molecule has 2 heterocycles. The number of hydrogen-bond donors (Lipinski definition) is 1. The van der Waals surface area contributed by atoms with Crippen LogP contribution in [0.15, 0.2) is 29.6 Å². The predicted octanol–water partition coefficient (Wildman–Crippen LogP) is 3.33. The van der Waals surface area contributed by atoms with Crippen LogP contribution in [0.3, 0.4) is 0 Å². The molecule has 1 amide bonds. The summed E-state index contributed by atoms with van der Waals surface area (Å²) in [7, 11) is 0. The van der Waals surface area contributed by atoms with E-state index in [4.69, 9.17) is 4.98 Å². The van der Waals surface area contributed by atoms with Crippen LogP contribution < -0.4 is 10.2 Å². The number of aryl methyl sites for hydroxylation is 1. The van der Waals surface area contributed by atoms with E-state index in [1.54, 1.807) is 29.5 Å². The molecule has 0 aliphatic carbocycles. The number of nitrogens with one attached hydrogen (secondary N) is 1. The minimum atomic E-state index is -0.414. The molecule has 5 nitrogen and oxygen atoms in total. The summed E-state index contributed by atoms with van der Waals surface area (Å²) >= 11 is 1.64. The number of thiazole rings is 1. The van der Waals surface area contributed by atoms with Crippen LogP contribution in [0.25, 0.3) is 0 Å². The van der Waals surface area contributed by atoms with Gasteiger partial charge in [0.1, 0.15) is 0 Å². The Morgan fingerprint density at radius 2 is 2.07 bits per heavy atom. The third-order valence-electron chi connectivity index (χ3n) is 4.62. The normalized spacial score (nSPS) is 16.4. The Bertz CT molecular complexity index is 946. The Labute approximate surface area is 170 Å². The lowest BCUT2D eigenvalue weighted by atomic mass is 9.93. The molecule has 0 saturated carbocycles. The highest BCUT2D eigenvalue weighted by Gasteiger charge is 2.27. The molecule has 1 unspecified atom stereocenters. The third-order valence-corrected chi connectivity index (χ3v) is 5.53. The van der Waals surface area contributed by atoms with Gasteiger partial charge in [-0.1, -0.05) is 44.5 Å². The SMILES string of the molecule is Cc1cccc(C(=O)C#CC(=O)NC2CCN(c3nc(C(C)(C)C)cs3)C2)c1. The molecular formula is C22H25N3O2S. The second-order valence-corrected chi connectivity index (χ2v) is 8.96. The van der Waals surface area contributed by atoms with Gasteiger partial charge in [-0.2, -0.15) is 0 Å². The van der Waals surface area contributed by atoms with Crippen molar-refractivity contribution < 1.29 is 9.59 Å². The van der Waals surface area contributed by atoms with E-state index >= 15 is 0 Å². The number of hydrogen-bond acceptors (Lipinski definition) is 5. The monoisotopic (exact) mass is 395 g/mol. The molecule has 1 aliphatic rings. The molecule has 1 aliphatic heterocycles. The second-order valence-electron chi connectivity index (χ2n) is 8.12. The van der Waals surface area contributed by atoms with Crippen LogP contribution in [0.2, 0.25) is 0 Å². The van der Waals surface area contributed by atoms with Gasteiger partial charge in [-0.25, -0.2) is 4.98 Å². The van der Waals surface area contributed by atoms with Crippen molar-refractivity contribution in [2.24, 2.45) is 0 Å². The first-order chi connectivity index (χ1) is 13.2. The number of Topliss-reactive ketones (excluding diaryl/α,β-unsaturated/α-hetero) is 1. The van der Waals surface area contributed by atoms with Crippen molar-refractivity contribution in [2.45, 2.75) is 45.6 Å². The Kier molecular flexibility index (Phi) is 5.85. The maximum Gasteiger partial charge on any atom is 0.296 e. The Hall–Kier alpha value is -2.65. The standard InChI is InChI=1S/C22H25N3O2S/c1-15-6-5-7-16(12-15)18(26)8-9-20(27)23-17-10-11-25(13-17)21-24-19(14-28-21)22(2,3)4/h5-7,12,14,17H,10-11,13H2,1-4H3,(H,23,27). The molecule has 3 rings (SSSR count). The van der Waals surface area contributed by atoms with E-state index in [1.807, 2.05) is 13.0 Å². The number of aromatic nitrogens is 1. The lowest BCUT2D eigenvalue weighted by molar-refractivity contribution is -0.116. The zero-order valence-electron chi connectivity index (χ0n) is 16.7. The summed E-state index contributed by atoms with van der Waals surface area (Å²) in [5.41, 5.74) is 2.60. The van der Waals surface area contributed by atoms with Gasteiger partial charge in [-0.15, -0.1) is 11.3 Å². The maximum absolute atomic E-state index is 12.1. The van der Waals surface area contributed by atoms with Gasteiger partial charge < -0.3 is 10.2 Å². The molecule has 6 heteroatoms. The highest BCUT2D eigenvalue weighted by molar-refractivity contribution is 7.13. The Balaban J connectivity index is 1.55. The first kappa shape index (κ1) is 20.1. The van der Waals surface area contributed by atoms with E-state index in [1.165, 1.54) is 0 Å². The van der Waals surface area contributed by atoms with Crippen molar-refractivity contribution >= 4 is 28.2 Å². The quantitative estimate of drug-likeness (QED) is 0.492. The largest absolute Gasteiger partial charge is 0.346 e. The molecule has 2 aromatic rings. The fourth-order valence-electron chi connectivity index (χ4n) is 3.00.